The summed E-state index contributed by atoms with van der Waals surface area (Å²) in [5.74, 6) is -0.380. The molecule has 0 radical (unpaired) electrons. The van der Waals surface area contributed by atoms with E-state index >= 15 is 0 Å². The zero-order valence-corrected chi connectivity index (χ0v) is 17.6. The molecule has 1 N–H and O–H groups in total. The number of aromatic nitrogens is 1. The predicted molar refractivity (Wildman–Crippen MR) is 123 cm³/mol. The molecule has 0 bridgehead atoms. The summed E-state index contributed by atoms with van der Waals surface area (Å²) >= 11 is 0. The Balaban J connectivity index is 1.51. The molecule has 6 nitrogen and oxygen atoms in total. The van der Waals surface area contributed by atoms with E-state index in [9.17, 15) is 4.79 Å². The van der Waals surface area contributed by atoms with Gasteiger partial charge in [-0.25, -0.2) is 4.79 Å². The number of fused-ring (bicyclic) bond motifs is 1. The largest absolute Gasteiger partial charge is 0.482 e. The minimum absolute atomic E-state index is 0.318. The molecule has 2 aromatic carbocycles. The van der Waals surface area contributed by atoms with E-state index in [1.807, 2.05) is 66.9 Å². The number of oxime groups is 1. The minimum atomic E-state index is -0.992. The third kappa shape index (κ3) is 5.40. The smallest absolute Gasteiger partial charge is 0.341 e. The van der Waals surface area contributed by atoms with Crippen molar-refractivity contribution in [3.63, 3.8) is 0 Å². The number of pyridine rings is 1. The van der Waals surface area contributed by atoms with Crippen LogP contribution in [0, 0.1) is 0 Å². The average Bonchev–Trinajstić information content (AvgIpc) is 2.83. The van der Waals surface area contributed by atoms with Crippen LogP contribution in [0.1, 0.15) is 28.7 Å². The van der Waals surface area contributed by atoms with Crippen molar-refractivity contribution < 1.29 is 19.5 Å². The Morgan fingerprint density at radius 3 is 2.72 bits per heavy atom. The third-order valence-corrected chi connectivity index (χ3v) is 5.21. The Bertz CT molecular complexity index is 1130. The summed E-state index contributed by atoms with van der Waals surface area (Å²) in [5.41, 5.74) is 5.93. The predicted octanol–water partition coefficient (Wildman–Crippen LogP) is 4.54. The number of rotatable bonds is 9. The fourth-order valence-corrected chi connectivity index (χ4v) is 3.73. The second kappa shape index (κ2) is 10.4. The lowest BCUT2D eigenvalue weighted by atomic mass is 9.90. The van der Waals surface area contributed by atoms with Gasteiger partial charge in [0.15, 0.2) is 6.61 Å². The monoisotopic (exact) mass is 428 g/mol. The number of hydrogen-bond donors (Lipinski definition) is 1. The summed E-state index contributed by atoms with van der Waals surface area (Å²) in [6, 6.07) is 19.6. The van der Waals surface area contributed by atoms with E-state index in [0.29, 0.717) is 18.8 Å². The number of nitrogens with zero attached hydrogens (tertiary/aromatic N) is 2. The van der Waals surface area contributed by atoms with Crippen LogP contribution in [0.3, 0.4) is 0 Å². The van der Waals surface area contributed by atoms with Gasteiger partial charge in [-0.15, -0.1) is 0 Å². The molecule has 0 fully saturated rings. The van der Waals surface area contributed by atoms with Crippen LogP contribution in [0.5, 0.6) is 5.75 Å². The van der Waals surface area contributed by atoms with Crippen LogP contribution in [-0.4, -0.2) is 35.0 Å². The van der Waals surface area contributed by atoms with E-state index in [1.54, 1.807) is 6.20 Å². The summed E-state index contributed by atoms with van der Waals surface area (Å²) in [6.45, 7) is -0.0379. The topological polar surface area (TPSA) is 81.0 Å². The first-order valence-corrected chi connectivity index (χ1v) is 10.5. The second-order valence-corrected chi connectivity index (χ2v) is 7.45. The zero-order chi connectivity index (χ0) is 22.2. The fourth-order valence-electron chi connectivity index (χ4n) is 3.73. The number of aliphatic carboxylic acids is 1. The van der Waals surface area contributed by atoms with Gasteiger partial charge in [-0.1, -0.05) is 59.8 Å². The number of carbonyl (C=O) groups is 1. The van der Waals surface area contributed by atoms with Crippen LogP contribution in [-0.2, 0) is 22.5 Å². The molecular formula is C26H24N2O4. The van der Waals surface area contributed by atoms with Gasteiger partial charge in [-0.2, -0.15) is 0 Å². The number of hydrogen-bond acceptors (Lipinski definition) is 5. The Hall–Kier alpha value is -3.93. The molecule has 32 heavy (non-hydrogen) atoms. The Kier molecular flexibility index (Phi) is 6.92. The normalized spacial score (nSPS) is 13.1. The molecule has 1 aromatic heterocycles. The molecule has 1 aliphatic carbocycles. The Labute approximate surface area is 186 Å². The molecule has 0 saturated carbocycles. The Morgan fingerprint density at radius 1 is 1.06 bits per heavy atom. The van der Waals surface area contributed by atoms with Crippen molar-refractivity contribution in [2.45, 2.75) is 19.3 Å². The number of carboxylic acids is 1. The lowest BCUT2D eigenvalue weighted by Crippen LogP contribution is -2.13. The van der Waals surface area contributed by atoms with Crippen molar-refractivity contribution in [1.82, 2.24) is 4.98 Å². The van der Waals surface area contributed by atoms with E-state index in [1.165, 1.54) is 0 Å². The summed E-state index contributed by atoms with van der Waals surface area (Å²) in [5, 5.41) is 13.4. The number of allylic oxidation sites excluding steroid dienone is 1. The van der Waals surface area contributed by atoms with Gasteiger partial charge < -0.3 is 14.7 Å². The summed E-state index contributed by atoms with van der Waals surface area (Å²) in [6.07, 6.45) is 7.97. The van der Waals surface area contributed by atoms with E-state index in [4.69, 9.17) is 14.7 Å². The number of benzene rings is 2. The van der Waals surface area contributed by atoms with Gasteiger partial charge in [-0.3, -0.25) is 4.98 Å². The van der Waals surface area contributed by atoms with E-state index in [2.05, 4.69) is 16.2 Å². The number of carboxylic acid groups (broad SMARTS) is 1. The molecule has 0 atom stereocenters. The van der Waals surface area contributed by atoms with Gasteiger partial charge in [0.05, 0.1) is 5.71 Å². The second-order valence-electron chi connectivity index (χ2n) is 7.45. The van der Waals surface area contributed by atoms with Gasteiger partial charge in [0.2, 0.25) is 0 Å². The van der Waals surface area contributed by atoms with Crippen molar-refractivity contribution in [2.24, 2.45) is 5.16 Å². The molecular weight excluding hydrogens is 404 g/mol. The molecule has 0 amide bonds. The van der Waals surface area contributed by atoms with Crippen molar-refractivity contribution in [3.8, 4) is 5.75 Å². The molecule has 1 aliphatic rings. The molecule has 0 spiro atoms. The fraction of sp³-hybridized carbons (Fsp3) is 0.192. The van der Waals surface area contributed by atoms with Crippen LogP contribution in [0.2, 0.25) is 0 Å². The maximum atomic E-state index is 10.9. The summed E-state index contributed by atoms with van der Waals surface area (Å²) in [4.78, 5) is 20.9. The van der Waals surface area contributed by atoms with Gasteiger partial charge in [0, 0.05) is 24.4 Å². The standard InChI is InChI=1S/C26H24N2O4/c29-26(30)18-31-25-13-5-11-22-21(10-4-12-23(22)25)17-32-28-24(20-8-2-1-3-9-20)15-19-7-6-14-27-16-19/h1-3,5-11,13-14,16H,4,12,15,17-18H2,(H,29,30)/b28-24+. The zero-order valence-electron chi connectivity index (χ0n) is 17.6. The van der Waals surface area contributed by atoms with Crippen LogP contribution in [0.25, 0.3) is 5.57 Å². The van der Waals surface area contributed by atoms with Gasteiger partial charge >= 0.3 is 5.97 Å². The summed E-state index contributed by atoms with van der Waals surface area (Å²) < 4.78 is 5.48. The van der Waals surface area contributed by atoms with Crippen molar-refractivity contribution in [1.29, 1.82) is 0 Å². The quantitative estimate of drug-likeness (QED) is 0.400. The number of ether oxygens (including phenoxy) is 1. The van der Waals surface area contributed by atoms with Crippen molar-refractivity contribution >= 4 is 17.3 Å². The van der Waals surface area contributed by atoms with Crippen molar-refractivity contribution in [3.05, 3.63) is 101 Å². The molecule has 4 rings (SSSR count). The van der Waals surface area contributed by atoms with E-state index in [0.717, 1.165) is 46.4 Å². The van der Waals surface area contributed by atoms with Gasteiger partial charge in [-0.05, 0) is 47.2 Å². The van der Waals surface area contributed by atoms with Crippen molar-refractivity contribution in [2.75, 3.05) is 13.2 Å². The van der Waals surface area contributed by atoms with Crippen LogP contribution < -0.4 is 4.74 Å². The SMILES string of the molecule is O=C(O)COc1cccc2c1CCC=C2CO/N=C(\Cc1cccnc1)c1ccccc1. The first-order valence-electron chi connectivity index (χ1n) is 10.5. The highest BCUT2D eigenvalue weighted by Crippen LogP contribution is 2.33. The van der Waals surface area contributed by atoms with Crippen LogP contribution >= 0.6 is 0 Å². The van der Waals surface area contributed by atoms with E-state index < -0.39 is 5.97 Å². The lowest BCUT2D eigenvalue weighted by Gasteiger charge is -2.20. The first-order chi connectivity index (χ1) is 15.7. The maximum Gasteiger partial charge on any atom is 0.341 e. The Morgan fingerprint density at radius 2 is 1.94 bits per heavy atom. The van der Waals surface area contributed by atoms with Crippen LogP contribution in [0.4, 0.5) is 0 Å². The first kappa shape index (κ1) is 21.3. The molecule has 0 saturated heterocycles. The minimum Gasteiger partial charge on any atom is -0.482 e. The lowest BCUT2D eigenvalue weighted by molar-refractivity contribution is -0.139. The van der Waals surface area contributed by atoms with E-state index in [-0.39, 0.29) is 6.61 Å². The molecule has 162 valence electrons. The molecule has 1 heterocycles. The van der Waals surface area contributed by atoms with Gasteiger partial charge in [0.25, 0.3) is 0 Å². The third-order valence-electron chi connectivity index (χ3n) is 5.21. The summed E-state index contributed by atoms with van der Waals surface area (Å²) in [7, 11) is 0. The average molecular weight is 428 g/mol. The van der Waals surface area contributed by atoms with Gasteiger partial charge in [0.1, 0.15) is 12.4 Å². The molecule has 3 aromatic rings. The highest BCUT2D eigenvalue weighted by molar-refractivity contribution is 6.01. The molecule has 0 aliphatic heterocycles. The highest BCUT2D eigenvalue weighted by Gasteiger charge is 2.18. The van der Waals surface area contributed by atoms with Crippen LogP contribution in [0.15, 0.2) is 84.3 Å². The maximum absolute atomic E-state index is 10.9. The highest BCUT2D eigenvalue weighted by atomic mass is 16.6. The molecule has 6 heteroatoms. The molecule has 0 unspecified atom stereocenters.